The van der Waals surface area contributed by atoms with Crippen LogP contribution in [0.3, 0.4) is 0 Å². The number of pyridine rings is 1. The molecule has 3 heterocycles. The summed E-state index contributed by atoms with van der Waals surface area (Å²) < 4.78 is 2.35. The quantitative estimate of drug-likeness (QED) is 0.815. The molecule has 0 spiro atoms. The number of anilines is 1. The van der Waals surface area contributed by atoms with Crippen LogP contribution in [-0.2, 0) is 14.1 Å². The van der Waals surface area contributed by atoms with E-state index in [2.05, 4.69) is 4.98 Å². The maximum atomic E-state index is 12.3. The monoisotopic (exact) mass is 311 g/mol. The van der Waals surface area contributed by atoms with Crippen LogP contribution in [0.4, 0.5) is 5.82 Å². The van der Waals surface area contributed by atoms with Gasteiger partial charge in [-0.2, -0.15) is 5.26 Å². The molecule has 3 rings (SSSR count). The second-order valence-electron chi connectivity index (χ2n) is 5.65. The van der Waals surface area contributed by atoms with E-state index in [-0.39, 0.29) is 11.6 Å². The molecule has 0 N–H and O–H groups in total. The van der Waals surface area contributed by atoms with E-state index in [0.717, 1.165) is 23.0 Å². The predicted molar refractivity (Wildman–Crippen MR) is 85.2 cm³/mol. The van der Waals surface area contributed by atoms with Gasteiger partial charge in [0.1, 0.15) is 11.9 Å². The number of nitriles is 1. The molecule has 2 aromatic heterocycles. The predicted octanol–water partition coefficient (Wildman–Crippen LogP) is 0.692. The van der Waals surface area contributed by atoms with Gasteiger partial charge in [0.25, 0.3) is 5.56 Å². The highest BCUT2D eigenvalue weighted by atomic mass is 16.2. The normalized spacial score (nSPS) is 17.3. The van der Waals surface area contributed by atoms with Crippen molar-refractivity contribution in [2.45, 2.75) is 18.9 Å². The van der Waals surface area contributed by atoms with Crippen molar-refractivity contribution < 1.29 is 0 Å². The molecule has 23 heavy (non-hydrogen) atoms. The summed E-state index contributed by atoms with van der Waals surface area (Å²) in [5.41, 5.74) is 0.0377. The van der Waals surface area contributed by atoms with E-state index >= 15 is 0 Å². The van der Waals surface area contributed by atoms with Crippen LogP contribution in [0.25, 0.3) is 0 Å². The minimum Gasteiger partial charge on any atom is -0.350 e. The minimum absolute atomic E-state index is 0.00499. The largest absolute Gasteiger partial charge is 0.350 e. The van der Waals surface area contributed by atoms with Crippen LogP contribution in [0, 0.1) is 11.3 Å². The molecule has 2 aromatic rings. The molecule has 1 atom stereocenters. The van der Waals surface area contributed by atoms with Crippen molar-refractivity contribution in [1.82, 2.24) is 14.1 Å². The fraction of sp³-hybridized carbons (Fsp3) is 0.375. The molecule has 1 aliphatic heterocycles. The maximum absolute atomic E-state index is 12.3. The molecule has 1 saturated heterocycles. The number of aromatic nitrogens is 3. The summed E-state index contributed by atoms with van der Waals surface area (Å²) in [7, 11) is 2.98. The molecule has 0 aromatic carbocycles. The molecule has 0 amide bonds. The van der Waals surface area contributed by atoms with Crippen LogP contribution >= 0.6 is 0 Å². The van der Waals surface area contributed by atoms with Gasteiger partial charge in [-0.25, -0.2) is 4.79 Å². The van der Waals surface area contributed by atoms with E-state index in [1.54, 1.807) is 19.4 Å². The molecule has 1 aliphatic rings. The van der Waals surface area contributed by atoms with E-state index in [9.17, 15) is 14.9 Å². The fourth-order valence-corrected chi connectivity index (χ4v) is 3.21. The van der Waals surface area contributed by atoms with E-state index < -0.39 is 11.2 Å². The van der Waals surface area contributed by atoms with Gasteiger partial charge in [0.15, 0.2) is 5.56 Å². The average molecular weight is 311 g/mol. The summed E-state index contributed by atoms with van der Waals surface area (Å²) >= 11 is 0. The maximum Gasteiger partial charge on any atom is 0.332 e. The van der Waals surface area contributed by atoms with Gasteiger partial charge in [-0.1, -0.05) is 6.07 Å². The van der Waals surface area contributed by atoms with Crippen molar-refractivity contribution in [1.29, 1.82) is 5.26 Å². The molecule has 7 nitrogen and oxygen atoms in total. The molecule has 0 bridgehead atoms. The zero-order valence-corrected chi connectivity index (χ0v) is 13.1. The van der Waals surface area contributed by atoms with Crippen LogP contribution in [0.1, 0.15) is 30.0 Å². The summed E-state index contributed by atoms with van der Waals surface area (Å²) in [4.78, 5) is 30.7. The molecule has 1 unspecified atom stereocenters. The molecular formula is C16H17N5O2. The Bertz CT molecular complexity index is 892. The molecular weight excluding hydrogens is 294 g/mol. The summed E-state index contributed by atoms with van der Waals surface area (Å²) in [5.74, 6) is 0.395. The van der Waals surface area contributed by atoms with Gasteiger partial charge in [0.2, 0.25) is 0 Å². The number of hydrogen-bond donors (Lipinski definition) is 0. The zero-order valence-electron chi connectivity index (χ0n) is 13.1. The summed E-state index contributed by atoms with van der Waals surface area (Å²) in [6, 6.07) is 5.81. The third kappa shape index (κ3) is 2.32. The molecule has 0 radical (unpaired) electrons. The Balaban J connectivity index is 2.21. The molecule has 0 saturated carbocycles. The molecule has 1 fully saturated rings. The minimum atomic E-state index is -0.553. The second-order valence-corrected chi connectivity index (χ2v) is 5.65. The van der Waals surface area contributed by atoms with Gasteiger partial charge < -0.3 is 4.90 Å². The smallest absolute Gasteiger partial charge is 0.332 e. The topological polar surface area (TPSA) is 83.9 Å². The second kappa shape index (κ2) is 5.72. The van der Waals surface area contributed by atoms with Crippen LogP contribution in [0.15, 0.2) is 34.1 Å². The van der Waals surface area contributed by atoms with E-state index in [0.29, 0.717) is 12.4 Å². The lowest BCUT2D eigenvalue weighted by Crippen LogP contribution is -2.42. The lowest BCUT2D eigenvalue weighted by atomic mass is 10.1. The fourth-order valence-electron chi connectivity index (χ4n) is 3.21. The first-order valence-electron chi connectivity index (χ1n) is 7.43. The van der Waals surface area contributed by atoms with E-state index in [1.807, 2.05) is 23.1 Å². The van der Waals surface area contributed by atoms with Crippen molar-refractivity contribution in [3.63, 3.8) is 0 Å². The standard InChI is InChI=1S/C16H17N5O2/c1-19-14(12(9-17)15(22)20(2)16(19)23)21-8-4-6-13(21)11-5-3-7-18-10-11/h3,5,7,10,13H,4,6,8H2,1-2H3. The van der Waals surface area contributed by atoms with Crippen LogP contribution in [-0.4, -0.2) is 20.7 Å². The number of rotatable bonds is 2. The third-order valence-corrected chi connectivity index (χ3v) is 4.34. The number of hydrogen-bond acceptors (Lipinski definition) is 5. The van der Waals surface area contributed by atoms with Gasteiger partial charge in [0, 0.05) is 33.0 Å². The lowest BCUT2D eigenvalue weighted by molar-refractivity contribution is 0.637. The Hall–Kier alpha value is -2.88. The number of nitrogens with zero attached hydrogens (tertiary/aromatic N) is 5. The van der Waals surface area contributed by atoms with Crippen molar-refractivity contribution in [2.24, 2.45) is 14.1 Å². The summed E-state index contributed by atoms with van der Waals surface area (Å²) in [6.45, 7) is 0.689. The Morgan fingerprint density at radius 3 is 2.74 bits per heavy atom. The third-order valence-electron chi connectivity index (χ3n) is 4.34. The summed E-state index contributed by atoms with van der Waals surface area (Å²) in [6.07, 6.45) is 5.31. The van der Waals surface area contributed by atoms with E-state index in [4.69, 9.17) is 0 Å². The molecule has 0 aliphatic carbocycles. The first-order chi connectivity index (χ1) is 11.1. The SMILES string of the molecule is Cn1c(N2CCCC2c2cccnc2)c(C#N)c(=O)n(C)c1=O. The Morgan fingerprint density at radius 1 is 1.30 bits per heavy atom. The Morgan fingerprint density at radius 2 is 2.09 bits per heavy atom. The van der Waals surface area contributed by atoms with Gasteiger partial charge in [0.05, 0.1) is 6.04 Å². The highest BCUT2D eigenvalue weighted by Gasteiger charge is 2.31. The van der Waals surface area contributed by atoms with Gasteiger partial charge in [-0.3, -0.25) is 18.9 Å². The van der Waals surface area contributed by atoms with Crippen molar-refractivity contribution in [3.05, 3.63) is 56.5 Å². The first kappa shape index (κ1) is 15.0. The van der Waals surface area contributed by atoms with Crippen molar-refractivity contribution in [2.75, 3.05) is 11.4 Å². The van der Waals surface area contributed by atoms with Gasteiger partial charge in [-0.15, -0.1) is 0 Å². The van der Waals surface area contributed by atoms with Crippen LogP contribution in [0.5, 0.6) is 0 Å². The highest BCUT2D eigenvalue weighted by Crippen LogP contribution is 2.35. The first-order valence-corrected chi connectivity index (χ1v) is 7.43. The Kier molecular flexibility index (Phi) is 3.74. The van der Waals surface area contributed by atoms with Crippen LogP contribution in [0.2, 0.25) is 0 Å². The van der Waals surface area contributed by atoms with Crippen molar-refractivity contribution >= 4 is 5.82 Å². The lowest BCUT2D eigenvalue weighted by Gasteiger charge is -2.29. The zero-order chi connectivity index (χ0) is 16.6. The average Bonchev–Trinajstić information content (AvgIpc) is 3.06. The molecule has 118 valence electrons. The van der Waals surface area contributed by atoms with Crippen LogP contribution < -0.4 is 16.1 Å². The summed E-state index contributed by atoms with van der Waals surface area (Å²) in [5, 5.41) is 9.44. The van der Waals surface area contributed by atoms with Gasteiger partial charge >= 0.3 is 5.69 Å². The van der Waals surface area contributed by atoms with Crippen molar-refractivity contribution in [3.8, 4) is 6.07 Å². The Labute approximate surface area is 133 Å². The molecule has 7 heteroatoms. The van der Waals surface area contributed by atoms with Gasteiger partial charge in [-0.05, 0) is 24.5 Å². The van der Waals surface area contributed by atoms with E-state index in [1.165, 1.54) is 11.6 Å². The highest BCUT2D eigenvalue weighted by molar-refractivity contribution is 5.55.